The van der Waals surface area contributed by atoms with Crippen molar-refractivity contribution in [1.82, 2.24) is 46.0 Å². The van der Waals surface area contributed by atoms with Crippen LogP contribution in [0.15, 0.2) is 16.9 Å². The molecular weight excluding hydrogens is 514 g/mol. The minimum Gasteiger partial charge on any atom is -0.477 e. The Morgan fingerprint density at radius 2 is 2.13 bits per heavy atom. The van der Waals surface area contributed by atoms with E-state index in [0.29, 0.717) is 31.0 Å². The van der Waals surface area contributed by atoms with Crippen molar-refractivity contribution < 1.29 is 24.3 Å². The molecule has 3 fully saturated rings. The number of hydrogen-bond donors (Lipinski definition) is 4. The number of amides is 3. The first-order valence-corrected chi connectivity index (χ1v) is 13.7. The average Bonchev–Trinajstić information content (AvgIpc) is 3.66. The Labute approximate surface area is 223 Å². The molecule has 1 aromatic heterocycles. The van der Waals surface area contributed by atoms with Crippen LogP contribution in [0, 0.1) is 11.8 Å². The number of hydrogen-bond acceptors (Lipinski definition) is 10. The number of fused-ring (bicyclic) bond motifs is 1. The van der Waals surface area contributed by atoms with Gasteiger partial charge < -0.3 is 30.9 Å². The average molecular weight is 548 g/mol. The molecule has 3 saturated heterocycles. The number of nitrogens with one attached hydrogen (secondary N) is 3. The zero-order chi connectivity index (χ0) is 27.1. The molecule has 14 nitrogen and oxygen atoms in total. The number of carboxylic acids is 1. The number of tetrazole rings is 1. The third-order valence-electron chi connectivity index (χ3n) is 7.90. The Morgan fingerprint density at radius 3 is 2.82 bits per heavy atom. The second-order valence-electron chi connectivity index (χ2n) is 10.3. The molecule has 4 N–H and O–H groups in total. The molecule has 4 aliphatic rings. The Morgan fingerprint density at radius 1 is 1.34 bits per heavy atom. The van der Waals surface area contributed by atoms with Crippen molar-refractivity contribution in [3.05, 3.63) is 16.9 Å². The van der Waals surface area contributed by atoms with Crippen LogP contribution in [0.25, 0.3) is 0 Å². The monoisotopic (exact) mass is 547 g/mol. The minimum absolute atomic E-state index is 0.00820. The lowest BCUT2D eigenvalue weighted by atomic mass is 9.78. The van der Waals surface area contributed by atoms with Gasteiger partial charge in [-0.05, 0) is 32.0 Å². The third kappa shape index (κ3) is 4.66. The number of carboxylic acid groups (broad SMARTS) is 1. The first kappa shape index (κ1) is 26.6. The van der Waals surface area contributed by atoms with Gasteiger partial charge in [-0.15, -0.1) is 22.0 Å². The molecule has 1 aromatic rings. The summed E-state index contributed by atoms with van der Waals surface area (Å²) in [6.45, 7) is 5.56. The second-order valence-corrected chi connectivity index (χ2v) is 11.7. The summed E-state index contributed by atoms with van der Waals surface area (Å²) in [5.41, 5.74) is 0.0278. The summed E-state index contributed by atoms with van der Waals surface area (Å²) >= 11 is 1.45. The number of rotatable bonds is 9. The predicted molar refractivity (Wildman–Crippen MR) is 135 cm³/mol. The molecule has 7 atom stereocenters. The van der Waals surface area contributed by atoms with E-state index < -0.39 is 17.9 Å². The van der Waals surface area contributed by atoms with Crippen molar-refractivity contribution >= 4 is 35.5 Å². The van der Waals surface area contributed by atoms with Gasteiger partial charge in [0.2, 0.25) is 17.7 Å². The van der Waals surface area contributed by atoms with E-state index in [9.17, 15) is 24.3 Å². The molecule has 0 saturated carbocycles. The van der Waals surface area contributed by atoms with E-state index in [1.54, 1.807) is 18.8 Å². The molecule has 3 amide bonds. The lowest BCUT2D eigenvalue weighted by molar-refractivity contribution is -0.158. The van der Waals surface area contributed by atoms with Gasteiger partial charge in [0.1, 0.15) is 5.70 Å². The maximum atomic E-state index is 13.2. The molecule has 4 aliphatic heterocycles. The minimum atomic E-state index is -1.14. The van der Waals surface area contributed by atoms with Gasteiger partial charge in [-0.1, -0.05) is 6.92 Å². The molecule has 0 radical (unpaired) electrons. The highest BCUT2D eigenvalue weighted by Gasteiger charge is 2.60. The van der Waals surface area contributed by atoms with Crippen LogP contribution in [0.2, 0.25) is 0 Å². The van der Waals surface area contributed by atoms with Crippen LogP contribution in [0.3, 0.4) is 0 Å². The maximum Gasteiger partial charge on any atom is 0.353 e. The van der Waals surface area contributed by atoms with E-state index in [0.717, 1.165) is 6.42 Å². The standard InChI is InChI=1S/C23H33N9O5S/c1-11-18-17(12(2)28-16(33)8-24-3)22(35)31(18)19(23(36)37)20(11)38-14-6-15(25-7-14)21(34)30-5-4-13(9-30)32-27-10-26-29-32/h10-15,17-18,24-25H,4-9H2,1-3H3,(H,28,33)(H,36,37)/t11-,12?,13+,14+,15+,17-,18-/m1/s1. The Kier molecular flexibility index (Phi) is 7.42. The Hall–Kier alpha value is -3.04. The van der Waals surface area contributed by atoms with Crippen molar-refractivity contribution in [3.63, 3.8) is 0 Å². The number of β-lactam (4-membered cyclic amide) rings is 1. The summed E-state index contributed by atoms with van der Waals surface area (Å²) in [5.74, 6) is -2.29. The van der Waals surface area contributed by atoms with Gasteiger partial charge >= 0.3 is 5.97 Å². The number of likely N-dealkylation sites (tertiary alicyclic amines) is 1. The van der Waals surface area contributed by atoms with E-state index in [1.165, 1.54) is 23.0 Å². The van der Waals surface area contributed by atoms with Gasteiger partial charge in [0, 0.05) is 41.7 Å². The van der Waals surface area contributed by atoms with Crippen LogP contribution in [-0.2, 0) is 19.2 Å². The van der Waals surface area contributed by atoms with E-state index >= 15 is 0 Å². The molecule has 5 heterocycles. The number of aromatic nitrogens is 4. The first-order chi connectivity index (χ1) is 18.2. The van der Waals surface area contributed by atoms with Crippen LogP contribution in [-0.4, -0.2) is 115 Å². The van der Waals surface area contributed by atoms with Crippen molar-refractivity contribution in [2.75, 3.05) is 33.2 Å². The summed E-state index contributed by atoms with van der Waals surface area (Å²) in [6, 6.07) is -1.08. The molecule has 38 heavy (non-hydrogen) atoms. The van der Waals surface area contributed by atoms with E-state index in [4.69, 9.17) is 0 Å². The zero-order valence-electron chi connectivity index (χ0n) is 21.5. The predicted octanol–water partition coefficient (Wildman–Crippen LogP) is -1.59. The normalized spacial score (nSPS) is 31.4. The lowest BCUT2D eigenvalue weighted by Gasteiger charge is -2.47. The molecule has 15 heteroatoms. The van der Waals surface area contributed by atoms with Crippen LogP contribution >= 0.6 is 11.8 Å². The van der Waals surface area contributed by atoms with Crippen LogP contribution in [0.1, 0.15) is 32.7 Å². The molecule has 0 bridgehead atoms. The first-order valence-electron chi connectivity index (χ1n) is 12.9. The number of aliphatic carboxylic acids is 1. The van der Waals surface area contributed by atoms with Gasteiger partial charge in [0.05, 0.1) is 30.6 Å². The number of carbonyl (C=O) groups excluding carboxylic acids is 3. The second kappa shape index (κ2) is 10.6. The fourth-order valence-electron chi connectivity index (χ4n) is 6.11. The van der Waals surface area contributed by atoms with Gasteiger partial charge in [-0.25, -0.2) is 4.79 Å². The van der Waals surface area contributed by atoms with Gasteiger partial charge in [-0.3, -0.25) is 14.4 Å². The molecule has 206 valence electrons. The number of nitrogens with zero attached hydrogens (tertiary/aromatic N) is 6. The summed E-state index contributed by atoms with van der Waals surface area (Å²) in [5, 5.41) is 30.7. The van der Waals surface area contributed by atoms with E-state index in [1.807, 2.05) is 11.8 Å². The van der Waals surface area contributed by atoms with Crippen LogP contribution in [0.4, 0.5) is 0 Å². The highest BCUT2D eigenvalue weighted by molar-refractivity contribution is 8.03. The van der Waals surface area contributed by atoms with E-state index in [-0.39, 0.29) is 59.3 Å². The summed E-state index contributed by atoms with van der Waals surface area (Å²) < 4.78 is 0. The van der Waals surface area contributed by atoms with Gasteiger partial charge in [0.25, 0.3) is 0 Å². The highest BCUT2D eigenvalue weighted by atomic mass is 32.2. The van der Waals surface area contributed by atoms with Gasteiger partial charge in [-0.2, -0.15) is 4.80 Å². The molecule has 0 aliphatic carbocycles. The molecular formula is C23H33N9O5S. The number of carbonyl (C=O) groups is 4. The largest absolute Gasteiger partial charge is 0.477 e. The van der Waals surface area contributed by atoms with Crippen LogP contribution < -0.4 is 16.0 Å². The number of likely N-dealkylation sites (N-methyl/N-ethyl adjacent to an activating group) is 1. The maximum absolute atomic E-state index is 13.2. The van der Waals surface area contributed by atoms with Crippen molar-refractivity contribution in [3.8, 4) is 0 Å². The smallest absolute Gasteiger partial charge is 0.353 e. The van der Waals surface area contributed by atoms with Crippen LogP contribution in [0.5, 0.6) is 0 Å². The molecule has 0 spiro atoms. The lowest BCUT2D eigenvalue weighted by Crippen LogP contribution is -2.66. The fraction of sp³-hybridized carbons (Fsp3) is 0.696. The molecule has 0 aromatic carbocycles. The molecule has 1 unspecified atom stereocenters. The molecule has 5 rings (SSSR count). The van der Waals surface area contributed by atoms with Gasteiger partial charge in [0.15, 0.2) is 6.33 Å². The highest BCUT2D eigenvalue weighted by Crippen LogP contribution is 2.51. The summed E-state index contributed by atoms with van der Waals surface area (Å²) in [6.07, 6.45) is 2.71. The van der Waals surface area contributed by atoms with E-state index in [2.05, 4.69) is 31.4 Å². The SMILES string of the molecule is CNCC(=O)NC(C)[C@H]1C(=O)N2C(C(=O)O)=C(S[C@@H]3CN[C@H](C(=O)N4CC[C@H](n5ncnn5)C4)C3)[C@H](C)[C@H]12. The quantitative estimate of drug-likeness (QED) is 0.262. The third-order valence-corrected chi connectivity index (χ3v) is 9.42. The summed E-state index contributed by atoms with van der Waals surface area (Å²) in [4.78, 5) is 55.9. The number of thioether (sulfide) groups is 1. The summed E-state index contributed by atoms with van der Waals surface area (Å²) in [7, 11) is 1.67. The Bertz CT molecular complexity index is 1140. The fourth-order valence-corrected chi connectivity index (χ4v) is 7.58. The van der Waals surface area contributed by atoms with Crippen molar-refractivity contribution in [2.24, 2.45) is 11.8 Å². The van der Waals surface area contributed by atoms with Crippen molar-refractivity contribution in [2.45, 2.75) is 56.1 Å². The zero-order valence-corrected chi connectivity index (χ0v) is 22.3. The Balaban J connectivity index is 1.22. The topological polar surface area (TPSA) is 175 Å². The van der Waals surface area contributed by atoms with Crippen molar-refractivity contribution in [1.29, 1.82) is 0 Å².